The number of fused-ring (bicyclic) bond motifs is 1. The second kappa shape index (κ2) is 10.2. The van der Waals surface area contributed by atoms with Gasteiger partial charge >= 0.3 is 0 Å². The second-order valence-corrected chi connectivity index (χ2v) is 8.70. The molecule has 2 amide bonds. The third-order valence-electron chi connectivity index (χ3n) is 5.44. The van der Waals surface area contributed by atoms with Crippen molar-refractivity contribution >= 4 is 40.7 Å². The first-order valence-corrected chi connectivity index (χ1v) is 11.3. The Balaban J connectivity index is 1.40. The minimum absolute atomic E-state index is 0.0276. The smallest absolute Gasteiger partial charge is 0.228 e. The third kappa shape index (κ3) is 5.67. The van der Waals surface area contributed by atoms with Crippen molar-refractivity contribution in [2.45, 2.75) is 38.8 Å². The minimum Gasteiger partial charge on any atom is -0.332 e. The molecule has 5 nitrogen and oxygen atoms in total. The molecule has 0 radical (unpaired) electrons. The van der Waals surface area contributed by atoms with E-state index in [0.717, 1.165) is 40.9 Å². The number of aromatic nitrogens is 1. The standard InChI is InChI=1S/C25H23Cl2N3O2/c26-21-9-7-18(13-22(21)27)15-30(16-20-5-1-2-11-28-20)25(32)6-3-4-17-8-10-23-19(12-17)14-24(31)29-23/h1-2,5,7-13H,3-4,6,14-16H2,(H,29,31). The molecule has 0 fully saturated rings. The number of benzene rings is 2. The highest BCUT2D eigenvalue weighted by Crippen LogP contribution is 2.25. The van der Waals surface area contributed by atoms with Crippen LogP contribution in [0.25, 0.3) is 0 Å². The summed E-state index contributed by atoms with van der Waals surface area (Å²) in [6.07, 6.45) is 4.06. The van der Waals surface area contributed by atoms with Gasteiger partial charge in [-0.15, -0.1) is 0 Å². The summed E-state index contributed by atoms with van der Waals surface area (Å²) >= 11 is 12.2. The van der Waals surface area contributed by atoms with Gasteiger partial charge in [-0.05, 0) is 59.9 Å². The Morgan fingerprint density at radius 3 is 2.62 bits per heavy atom. The molecular formula is C25H23Cl2N3O2. The first-order valence-electron chi connectivity index (χ1n) is 10.5. The summed E-state index contributed by atoms with van der Waals surface area (Å²) in [6.45, 7) is 0.853. The second-order valence-electron chi connectivity index (χ2n) is 7.89. The Labute approximate surface area is 197 Å². The van der Waals surface area contributed by atoms with Crippen molar-refractivity contribution in [3.8, 4) is 0 Å². The van der Waals surface area contributed by atoms with Crippen LogP contribution in [-0.2, 0) is 35.5 Å². The Hall–Kier alpha value is -2.89. The van der Waals surface area contributed by atoms with E-state index in [4.69, 9.17) is 23.2 Å². The predicted octanol–water partition coefficient (Wildman–Crippen LogP) is 5.43. The van der Waals surface area contributed by atoms with E-state index < -0.39 is 0 Å². The van der Waals surface area contributed by atoms with Crippen LogP contribution in [0.4, 0.5) is 5.69 Å². The molecule has 2 aromatic carbocycles. The van der Waals surface area contributed by atoms with Crippen molar-refractivity contribution in [1.82, 2.24) is 9.88 Å². The molecule has 1 aliphatic rings. The fourth-order valence-electron chi connectivity index (χ4n) is 3.82. The van der Waals surface area contributed by atoms with Gasteiger partial charge in [0.05, 0.1) is 28.7 Å². The van der Waals surface area contributed by atoms with E-state index in [2.05, 4.69) is 16.4 Å². The van der Waals surface area contributed by atoms with Crippen molar-refractivity contribution in [3.05, 3.63) is 93.2 Å². The molecule has 32 heavy (non-hydrogen) atoms. The molecule has 0 spiro atoms. The van der Waals surface area contributed by atoms with Crippen LogP contribution in [0.3, 0.4) is 0 Å². The summed E-state index contributed by atoms with van der Waals surface area (Å²) in [5.41, 5.74) is 4.79. The van der Waals surface area contributed by atoms with Gasteiger partial charge in [-0.1, -0.05) is 47.5 Å². The molecule has 1 aliphatic heterocycles. The largest absolute Gasteiger partial charge is 0.332 e. The van der Waals surface area contributed by atoms with Gasteiger partial charge in [0.15, 0.2) is 0 Å². The van der Waals surface area contributed by atoms with Gasteiger partial charge in [0.25, 0.3) is 0 Å². The van der Waals surface area contributed by atoms with E-state index in [1.54, 1.807) is 23.2 Å². The molecule has 2 heterocycles. The number of aryl methyl sites for hydroxylation is 1. The number of amides is 2. The van der Waals surface area contributed by atoms with Crippen LogP contribution in [0.1, 0.15) is 35.2 Å². The molecule has 0 saturated heterocycles. The zero-order chi connectivity index (χ0) is 22.5. The minimum atomic E-state index is 0.0276. The van der Waals surface area contributed by atoms with Crippen molar-refractivity contribution in [1.29, 1.82) is 0 Å². The summed E-state index contributed by atoms with van der Waals surface area (Å²) in [4.78, 5) is 30.8. The van der Waals surface area contributed by atoms with E-state index in [9.17, 15) is 9.59 Å². The van der Waals surface area contributed by atoms with E-state index in [1.807, 2.05) is 36.4 Å². The zero-order valence-corrected chi connectivity index (χ0v) is 19.0. The van der Waals surface area contributed by atoms with E-state index in [1.165, 1.54) is 0 Å². The highest BCUT2D eigenvalue weighted by atomic mass is 35.5. The van der Waals surface area contributed by atoms with Gasteiger partial charge < -0.3 is 10.2 Å². The highest BCUT2D eigenvalue weighted by Gasteiger charge is 2.18. The van der Waals surface area contributed by atoms with Crippen molar-refractivity contribution in [2.75, 3.05) is 5.32 Å². The van der Waals surface area contributed by atoms with Crippen LogP contribution in [0.2, 0.25) is 10.0 Å². The van der Waals surface area contributed by atoms with Gasteiger partial charge in [0.1, 0.15) is 0 Å². The predicted molar refractivity (Wildman–Crippen MR) is 127 cm³/mol. The van der Waals surface area contributed by atoms with Gasteiger partial charge in [-0.2, -0.15) is 0 Å². The monoisotopic (exact) mass is 467 g/mol. The van der Waals surface area contributed by atoms with Gasteiger partial charge in [-0.3, -0.25) is 14.6 Å². The first kappa shape index (κ1) is 22.3. The Morgan fingerprint density at radius 1 is 1.00 bits per heavy atom. The lowest BCUT2D eigenvalue weighted by atomic mass is 10.0. The number of hydrogen-bond donors (Lipinski definition) is 1. The Morgan fingerprint density at radius 2 is 1.84 bits per heavy atom. The molecule has 3 aromatic rings. The van der Waals surface area contributed by atoms with Crippen LogP contribution in [0.15, 0.2) is 60.8 Å². The van der Waals surface area contributed by atoms with E-state index in [0.29, 0.717) is 36.0 Å². The molecule has 164 valence electrons. The fraction of sp³-hybridized carbons (Fsp3) is 0.240. The third-order valence-corrected chi connectivity index (χ3v) is 6.18. The average molecular weight is 468 g/mol. The molecular weight excluding hydrogens is 445 g/mol. The van der Waals surface area contributed by atoms with Crippen LogP contribution >= 0.6 is 23.2 Å². The number of pyridine rings is 1. The summed E-state index contributed by atoms with van der Waals surface area (Å²) in [7, 11) is 0. The number of hydrogen-bond acceptors (Lipinski definition) is 3. The first-order chi connectivity index (χ1) is 15.5. The highest BCUT2D eigenvalue weighted by molar-refractivity contribution is 6.42. The van der Waals surface area contributed by atoms with Crippen molar-refractivity contribution in [2.24, 2.45) is 0 Å². The maximum absolute atomic E-state index is 13.1. The summed E-state index contributed by atoms with van der Waals surface area (Å²) in [5, 5.41) is 3.81. The Bertz CT molecular complexity index is 1140. The van der Waals surface area contributed by atoms with Crippen LogP contribution in [0, 0.1) is 0 Å². The number of nitrogens with zero attached hydrogens (tertiary/aromatic N) is 2. The number of nitrogens with one attached hydrogen (secondary N) is 1. The average Bonchev–Trinajstić information content (AvgIpc) is 3.16. The molecule has 0 bridgehead atoms. The van der Waals surface area contributed by atoms with Crippen LogP contribution in [0.5, 0.6) is 0 Å². The topological polar surface area (TPSA) is 62.3 Å². The molecule has 4 rings (SSSR count). The van der Waals surface area contributed by atoms with Crippen molar-refractivity contribution < 1.29 is 9.59 Å². The van der Waals surface area contributed by atoms with Crippen LogP contribution in [-0.4, -0.2) is 21.7 Å². The van der Waals surface area contributed by atoms with Gasteiger partial charge in [0, 0.05) is 24.8 Å². The lowest BCUT2D eigenvalue weighted by molar-refractivity contribution is -0.132. The van der Waals surface area contributed by atoms with Gasteiger partial charge in [-0.25, -0.2) is 0 Å². The lowest BCUT2D eigenvalue weighted by Crippen LogP contribution is -2.30. The SMILES string of the molecule is O=C1Cc2cc(CCCC(=O)N(Cc3ccc(Cl)c(Cl)c3)Cc3ccccn3)ccc2N1. The van der Waals surface area contributed by atoms with Gasteiger partial charge in [0.2, 0.25) is 11.8 Å². The molecule has 1 aromatic heterocycles. The fourth-order valence-corrected chi connectivity index (χ4v) is 4.14. The Kier molecular flexibility index (Phi) is 7.08. The molecule has 0 aliphatic carbocycles. The zero-order valence-electron chi connectivity index (χ0n) is 17.5. The number of rotatable bonds is 8. The number of carbonyl (C=O) groups excluding carboxylic acids is 2. The van der Waals surface area contributed by atoms with Crippen molar-refractivity contribution in [3.63, 3.8) is 0 Å². The molecule has 0 saturated carbocycles. The quantitative estimate of drug-likeness (QED) is 0.479. The van der Waals surface area contributed by atoms with E-state index in [-0.39, 0.29) is 11.8 Å². The normalized spacial score (nSPS) is 12.4. The molecule has 1 N–H and O–H groups in total. The molecule has 7 heteroatoms. The molecule has 0 atom stereocenters. The molecule has 0 unspecified atom stereocenters. The lowest BCUT2D eigenvalue weighted by Gasteiger charge is -2.23. The maximum atomic E-state index is 13.1. The van der Waals surface area contributed by atoms with E-state index >= 15 is 0 Å². The summed E-state index contributed by atoms with van der Waals surface area (Å²) < 4.78 is 0. The number of carbonyl (C=O) groups is 2. The number of anilines is 1. The maximum Gasteiger partial charge on any atom is 0.228 e. The number of halogens is 2. The summed E-state index contributed by atoms with van der Waals surface area (Å²) in [5.74, 6) is 0.0829. The van der Waals surface area contributed by atoms with Crippen LogP contribution < -0.4 is 5.32 Å². The summed E-state index contributed by atoms with van der Waals surface area (Å²) in [6, 6.07) is 17.1.